The van der Waals surface area contributed by atoms with Crippen LogP contribution in [0.2, 0.25) is 0 Å². The molecule has 2 aromatic rings. The Labute approximate surface area is 133 Å². The van der Waals surface area contributed by atoms with Crippen molar-refractivity contribution in [2.24, 2.45) is 0 Å². The predicted octanol–water partition coefficient (Wildman–Crippen LogP) is 2.08. The number of benzene rings is 1. The number of alkyl halides is 3. The first-order valence-electron chi connectivity index (χ1n) is 7.00. The van der Waals surface area contributed by atoms with Gasteiger partial charge in [-0.3, -0.25) is 4.79 Å². The molecule has 0 spiro atoms. The van der Waals surface area contributed by atoms with E-state index in [1.165, 1.54) is 18.5 Å². The standard InChI is InChI=1S/C15H12F3N3O3/c16-15(17,18)9-4-2-1-3-8(9)13(22)21-6-11-10(19-7-20-11)5-12(21)14(23)24/h1-4,7,12H,5-6H2,(H,19,20)(H,23,24). The Hall–Kier alpha value is -2.84. The number of aromatic nitrogens is 2. The third kappa shape index (κ3) is 2.72. The molecule has 2 heterocycles. The molecule has 0 bridgehead atoms. The van der Waals surface area contributed by atoms with Gasteiger partial charge >= 0.3 is 12.1 Å². The molecule has 2 N–H and O–H groups in total. The van der Waals surface area contributed by atoms with Crippen molar-refractivity contribution in [3.8, 4) is 0 Å². The molecule has 0 saturated carbocycles. The summed E-state index contributed by atoms with van der Waals surface area (Å²) in [6.07, 6.45) is -3.41. The Bertz CT molecular complexity index is 801. The number of carbonyl (C=O) groups excluding carboxylic acids is 1. The highest BCUT2D eigenvalue weighted by molar-refractivity contribution is 5.98. The van der Waals surface area contributed by atoms with Gasteiger partial charge in [-0.05, 0) is 12.1 Å². The lowest BCUT2D eigenvalue weighted by Crippen LogP contribution is -2.49. The second kappa shape index (κ2) is 5.66. The van der Waals surface area contributed by atoms with Crippen molar-refractivity contribution >= 4 is 11.9 Å². The van der Waals surface area contributed by atoms with Gasteiger partial charge in [0.25, 0.3) is 5.91 Å². The first-order chi connectivity index (χ1) is 11.3. The van der Waals surface area contributed by atoms with Gasteiger partial charge < -0.3 is 15.0 Å². The van der Waals surface area contributed by atoms with Crippen molar-refractivity contribution < 1.29 is 27.9 Å². The molecule has 1 aromatic carbocycles. The minimum atomic E-state index is -4.71. The Kier molecular flexibility index (Phi) is 3.78. The Morgan fingerprint density at radius 1 is 1.29 bits per heavy atom. The quantitative estimate of drug-likeness (QED) is 0.877. The van der Waals surface area contributed by atoms with E-state index < -0.39 is 35.2 Å². The van der Waals surface area contributed by atoms with Gasteiger partial charge in [-0.15, -0.1) is 0 Å². The number of carboxylic acid groups (broad SMARTS) is 1. The number of H-pyrrole nitrogens is 1. The highest BCUT2D eigenvalue weighted by atomic mass is 19.4. The molecule has 3 rings (SSSR count). The first kappa shape index (κ1) is 16.0. The fourth-order valence-electron chi connectivity index (χ4n) is 2.74. The van der Waals surface area contributed by atoms with E-state index in [4.69, 9.17) is 0 Å². The number of nitrogens with one attached hydrogen (secondary N) is 1. The number of aromatic amines is 1. The van der Waals surface area contributed by atoms with E-state index in [0.29, 0.717) is 11.4 Å². The molecule has 1 amide bonds. The summed E-state index contributed by atoms with van der Waals surface area (Å²) in [6.45, 7) is -0.142. The highest BCUT2D eigenvalue weighted by Gasteiger charge is 2.40. The maximum atomic E-state index is 13.1. The molecule has 0 aliphatic carbocycles. The lowest BCUT2D eigenvalue weighted by Gasteiger charge is -2.33. The van der Waals surface area contributed by atoms with Gasteiger partial charge in [0, 0.05) is 6.42 Å². The topological polar surface area (TPSA) is 86.3 Å². The van der Waals surface area contributed by atoms with E-state index in [1.54, 1.807) is 0 Å². The van der Waals surface area contributed by atoms with Crippen molar-refractivity contribution in [2.45, 2.75) is 25.2 Å². The SMILES string of the molecule is O=C(O)C1Cc2nc[nH]c2CN1C(=O)c1ccccc1C(F)(F)F. The van der Waals surface area contributed by atoms with Gasteiger partial charge in [-0.1, -0.05) is 12.1 Å². The Morgan fingerprint density at radius 2 is 2.00 bits per heavy atom. The number of nitrogens with zero attached hydrogens (tertiary/aromatic N) is 2. The summed E-state index contributed by atoms with van der Waals surface area (Å²) in [6, 6.07) is 3.07. The van der Waals surface area contributed by atoms with Crippen LogP contribution < -0.4 is 0 Å². The molecule has 0 radical (unpaired) electrons. The van der Waals surface area contributed by atoms with Crippen molar-refractivity contribution in [2.75, 3.05) is 0 Å². The van der Waals surface area contributed by atoms with Crippen LogP contribution in [-0.2, 0) is 23.9 Å². The average Bonchev–Trinajstić information content (AvgIpc) is 2.99. The van der Waals surface area contributed by atoms with Crippen LogP contribution in [-0.4, -0.2) is 37.9 Å². The second-order valence-corrected chi connectivity index (χ2v) is 5.36. The lowest BCUT2D eigenvalue weighted by atomic mass is 9.99. The molecular weight excluding hydrogens is 327 g/mol. The molecule has 1 aliphatic rings. The summed E-state index contributed by atoms with van der Waals surface area (Å²) >= 11 is 0. The highest BCUT2D eigenvalue weighted by Crippen LogP contribution is 2.33. The fraction of sp³-hybridized carbons (Fsp3) is 0.267. The maximum absolute atomic E-state index is 13.1. The zero-order chi connectivity index (χ0) is 17.5. The van der Waals surface area contributed by atoms with Crippen LogP contribution in [0.5, 0.6) is 0 Å². The normalized spacial score (nSPS) is 17.5. The molecule has 6 nitrogen and oxygen atoms in total. The number of hydrogen-bond donors (Lipinski definition) is 2. The molecule has 0 fully saturated rings. The molecule has 1 unspecified atom stereocenters. The van der Waals surface area contributed by atoms with Crippen molar-refractivity contribution in [3.05, 3.63) is 53.1 Å². The third-order valence-corrected chi connectivity index (χ3v) is 3.91. The maximum Gasteiger partial charge on any atom is 0.417 e. The predicted molar refractivity (Wildman–Crippen MR) is 75.0 cm³/mol. The number of carboxylic acids is 1. The molecular formula is C15H12F3N3O3. The first-order valence-corrected chi connectivity index (χ1v) is 7.00. The second-order valence-electron chi connectivity index (χ2n) is 5.36. The van der Waals surface area contributed by atoms with Gasteiger partial charge in [0.2, 0.25) is 0 Å². The van der Waals surface area contributed by atoms with Gasteiger partial charge in [-0.2, -0.15) is 13.2 Å². The van der Waals surface area contributed by atoms with Crippen molar-refractivity contribution in [1.29, 1.82) is 0 Å². The summed E-state index contributed by atoms with van der Waals surface area (Å²) in [7, 11) is 0. The van der Waals surface area contributed by atoms with Crippen LogP contribution in [0, 0.1) is 0 Å². The van der Waals surface area contributed by atoms with E-state index >= 15 is 0 Å². The van der Waals surface area contributed by atoms with Crippen molar-refractivity contribution in [3.63, 3.8) is 0 Å². The summed E-state index contributed by atoms with van der Waals surface area (Å²) < 4.78 is 39.4. The van der Waals surface area contributed by atoms with Crippen LogP contribution in [0.1, 0.15) is 27.3 Å². The Morgan fingerprint density at radius 3 is 2.67 bits per heavy atom. The molecule has 1 aromatic heterocycles. The minimum Gasteiger partial charge on any atom is -0.480 e. The summed E-state index contributed by atoms with van der Waals surface area (Å²) in [5.41, 5.74) is -0.644. The number of hydrogen-bond acceptors (Lipinski definition) is 3. The molecule has 9 heteroatoms. The number of fused-ring (bicyclic) bond motifs is 1. The van der Waals surface area contributed by atoms with Crippen LogP contribution in [0.15, 0.2) is 30.6 Å². The smallest absolute Gasteiger partial charge is 0.417 e. The largest absolute Gasteiger partial charge is 0.480 e. The van der Waals surface area contributed by atoms with E-state index in [9.17, 15) is 27.9 Å². The number of amides is 1. The van der Waals surface area contributed by atoms with Crippen LogP contribution in [0.4, 0.5) is 13.2 Å². The fourth-order valence-corrected chi connectivity index (χ4v) is 2.74. The van der Waals surface area contributed by atoms with E-state index in [0.717, 1.165) is 17.0 Å². The van der Waals surface area contributed by atoms with Gasteiger partial charge in [0.05, 0.1) is 35.4 Å². The van der Waals surface area contributed by atoms with Crippen LogP contribution in [0.3, 0.4) is 0 Å². The zero-order valence-corrected chi connectivity index (χ0v) is 12.2. The summed E-state index contributed by atoms with van der Waals surface area (Å²) in [5, 5.41) is 9.34. The van der Waals surface area contributed by atoms with Crippen LogP contribution in [0.25, 0.3) is 0 Å². The minimum absolute atomic E-state index is 0.0614. The van der Waals surface area contributed by atoms with Gasteiger partial charge in [0.1, 0.15) is 6.04 Å². The molecule has 24 heavy (non-hydrogen) atoms. The number of halogens is 3. The van der Waals surface area contributed by atoms with Crippen LogP contribution >= 0.6 is 0 Å². The number of carbonyl (C=O) groups is 2. The average molecular weight is 339 g/mol. The van der Waals surface area contributed by atoms with Gasteiger partial charge in [-0.25, -0.2) is 9.78 Å². The molecule has 1 aliphatic heterocycles. The van der Waals surface area contributed by atoms with Crippen molar-refractivity contribution in [1.82, 2.24) is 14.9 Å². The third-order valence-electron chi connectivity index (χ3n) is 3.91. The molecule has 1 atom stereocenters. The molecule has 0 saturated heterocycles. The zero-order valence-electron chi connectivity index (χ0n) is 12.2. The number of imidazole rings is 1. The lowest BCUT2D eigenvalue weighted by molar-refractivity contribution is -0.142. The Balaban J connectivity index is 2.02. The monoisotopic (exact) mass is 339 g/mol. The molecule has 126 valence electrons. The van der Waals surface area contributed by atoms with E-state index in [1.807, 2.05) is 0 Å². The van der Waals surface area contributed by atoms with E-state index in [-0.39, 0.29) is 13.0 Å². The summed E-state index contributed by atoms with van der Waals surface area (Å²) in [5.74, 6) is -2.27. The van der Waals surface area contributed by atoms with E-state index in [2.05, 4.69) is 9.97 Å². The summed E-state index contributed by atoms with van der Waals surface area (Å²) in [4.78, 5) is 31.8. The number of aliphatic carboxylic acids is 1. The van der Waals surface area contributed by atoms with Gasteiger partial charge in [0.15, 0.2) is 0 Å². The number of rotatable bonds is 2.